The van der Waals surface area contributed by atoms with E-state index in [-0.39, 0.29) is 28.6 Å². The Bertz CT molecular complexity index is 1830. The molecule has 44 heavy (non-hydrogen) atoms. The molecule has 222 valence electrons. The molecule has 0 N–H and O–H groups in total. The Morgan fingerprint density at radius 3 is 1.43 bits per heavy atom. The first-order chi connectivity index (χ1) is 20.8. The SMILES string of the molecule is CC(C)(C)c1cc(-c2ccc(-c3ccc(-c4cc(N5CC5=O)c(N5CC5=O)cc4N4CC4=O)cc3)cn2)cc(C(C)(C)C)c1. The van der Waals surface area contributed by atoms with Gasteiger partial charge in [-0.3, -0.25) is 29.2 Å². The summed E-state index contributed by atoms with van der Waals surface area (Å²) in [7, 11) is 0. The van der Waals surface area contributed by atoms with Crippen molar-refractivity contribution in [2.75, 3.05) is 34.3 Å². The van der Waals surface area contributed by atoms with Crippen molar-refractivity contribution in [3.63, 3.8) is 0 Å². The van der Waals surface area contributed by atoms with Gasteiger partial charge in [0.05, 0.1) is 22.8 Å². The summed E-state index contributed by atoms with van der Waals surface area (Å²) in [5.74, 6) is 0.0698. The third kappa shape index (κ3) is 5.17. The molecule has 4 aromatic rings. The van der Waals surface area contributed by atoms with E-state index in [1.807, 2.05) is 30.5 Å². The van der Waals surface area contributed by atoms with Crippen LogP contribution >= 0.6 is 0 Å². The maximum atomic E-state index is 12.2. The van der Waals surface area contributed by atoms with Crippen molar-refractivity contribution in [1.82, 2.24) is 4.98 Å². The van der Waals surface area contributed by atoms with Crippen molar-refractivity contribution in [3.8, 4) is 33.5 Å². The lowest BCUT2D eigenvalue weighted by atomic mass is 9.79. The summed E-state index contributed by atoms with van der Waals surface area (Å²) in [6.07, 6.45) is 1.92. The Labute approximate surface area is 258 Å². The van der Waals surface area contributed by atoms with Crippen LogP contribution in [0.1, 0.15) is 52.7 Å². The van der Waals surface area contributed by atoms with Gasteiger partial charge in [0, 0.05) is 22.9 Å². The van der Waals surface area contributed by atoms with E-state index in [1.54, 1.807) is 14.7 Å². The first-order valence-electron chi connectivity index (χ1n) is 15.1. The molecule has 0 saturated carbocycles. The van der Waals surface area contributed by atoms with E-state index >= 15 is 0 Å². The molecule has 7 rings (SSSR count). The van der Waals surface area contributed by atoms with Crippen molar-refractivity contribution in [2.24, 2.45) is 0 Å². The van der Waals surface area contributed by atoms with Crippen LogP contribution in [0.25, 0.3) is 33.5 Å². The summed E-state index contributed by atoms with van der Waals surface area (Å²) in [5.41, 5.74) is 10.7. The highest BCUT2D eigenvalue weighted by molar-refractivity contribution is 6.21. The predicted molar refractivity (Wildman–Crippen MR) is 175 cm³/mol. The standard InChI is InChI=1S/C37H36N4O3/c1-36(2,3)26-13-25(14-27(15-26)37(4,5)6)29-12-11-24(18-38-29)22-7-9-23(10-8-22)28-16-31(40-20-34(40)43)32(41-21-35(41)44)17-30(28)39-19-33(39)42/h7-18H,19-21H2,1-6H3. The van der Waals surface area contributed by atoms with Crippen molar-refractivity contribution in [3.05, 3.63) is 84.1 Å². The van der Waals surface area contributed by atoms with Gasteiger partial charge in [0.25, 0.3) is 0 Å². The average molecular weight is 585 g/mol. The van der Waals surface area contributed by atoms with Crippen LogP contribution in [0.2, 0.25) is 0 Å². The fourth-order valence-electron chi connectivity index (χ4n) is 5.63. The zero-order chi connectivity index (χ0) is 31.1. The third-order valence-electron chi connectivity index (χ3n) is 8.69. The van der Waals surface area contributed by atoms with Crippen LogP contribution in [0.5, 0.6) is 0 Å². The zero-order valence-electron chi connectivity index (χ0n) is 26.1. The largest absolute Gasteiger partial charge is 0.301 e. The number of amides is 3. The lowest BCUT2D eigenvalue weighted by Crippen LogP contribution is -2.16. The lowest BCUT2D eigenvalue weighted by Gasteiger charge is -2.26. The molecule has 3 fully saturated rings. The Morgan fingerprint density at radius 1 is 0.523 bits per heavy atom. The van der Waals surface area contributed by atoms with Gasteiger partial charge >= 0.3 is 0 Å². The van der Waals surface area contributed by atoms with Gasteiger partial charge in [0.1, 0.15) is 19.6 Å². The van der Waals surface area contributed by atoms with E-state index in [2.05, 4.69) is 84.0 Å². The summed E-state index contributed by atoms with van der Waals surface area (Å²) >= 11 is 0. The summed E-state index contributed by atoms with van der Waals surface area (Å²) in [4.78, 5) is 46.2. The molecule has 3 aliphatic rings. The first kappa shape index (κ1) is 28.0. The number of aromatic nitrogens is 1. The summed E-state index contributed by atoms with van der Waals surface area (Å²) < 4.78 is 0. The van der Waals surface area contributed by atoms with E-state index in [0.717, 1.165) is 39.2 Å². The molecule has 0 spiro atoms. The monoisotopic (exact) mass is 584 g/mol. The smallest absolute Gasteiger partial charge is 0.247 e. The number of pyridine rings is 1. The predicted octanol–water partition coefficient (Wildman–Crippen LogP) is 6.72. The number of rotatable bonds is 6. The molecule has 0 unspecified atom stereocenters. The number of hydrogen-bond acceptors (Lipinski definition) is 4. The summed E-state index contributed by atoms with van der Waals surface area (Å²) in [6.45, 7) is 14.4. The molecule has 7 nitrogen and oxygen atoms in total. The molecular weight excluding hydrogens is 548 g/mol. The van der Waals surface area contributed by atoms with Crippen LogP contribution in [0.4, 0.5) is 17.1 Å². The lowest BCUT2D eigenvalue weighted by molar-refractivity contribution is -0.110. The molecule has 3 saturated heterocycles. The molecule has 0 bridgehead atoms. The third-order valence-corrected chi connectivity index (χ3v) is 8.69. The first-order valence-corrected chi connectivity index (χ1v) is 15.1. The number of benzene rings is 3. The minimum Gasteiger partial charge on any atom is -0.301 e. The van der Waals surface area contributed by atoms with Gasteiger partial charge in [-0.15, -0.1) is 0 Å². The molecule has 7 heteroatoms. The molecule has 3 aromatic carbocycles. The molecule has 3 amide bonds. The molecular formula is C37H36N4O3. The minimum atomic E-state index is 0.0110. The number of carbonyl (C=O) groups excluding carboxylic acids is 3. The second-order valence-corrected chi connectivity index (χ2v) is 14.1. The highest BCUT2D eigenvalue weighted by Crippen LogP contribution is 2.47. The normalized spacial score (nSPS) is 16.1. The maximum Gasteiger partial charge on any atom is 0.247 e. The van der Waals surface area contributed by atoms with E-state index in [4.69, 9.17) is 4.98 Å². The zero-order valence-corrected chi connectivity index (χ0v) is 26.1. The van der Waals surface area contributed by atoms with Gasteiger partial charge in [-0.25, -0.2) is 0 Å². The van der Waals surface area contributed by atoms with Crippen LogP contribution in [-0.4, -0.2) is 42.3 Å². The molecule has 1 aromatic heterocycles. The number of anilines is 3. The van der Waals surface area contributed by atoms with Crippen molar-refractivity contribution >= 4 is 34.8 Å². The van der Waals surface area contributed by atoms with E-state index < -0.39 is 0 Å². The fraction of sp³-hybridized carbons (Fsp3) is 0.297. The molecule has 3 aliphatic heterocycles. The van der Waals surface area contributed by atoms with Gasteiger partial charge in [-0.2, -0.15) is 0 Å². The summed E-state index contributed by atoms with van der Waals surface area (Å²) in [6, 6.07) is 23.0. The highest BCUT2D eigenvalue weighted by Gasteiger charge is 2.42. The number of hydrogen-bond donors (Lipinski definition) is 0. The van der Waals surface area contributed by atoms with E-state index in [0.29, 0.717) is 31.0 Å². The topological polar surface area (TPSA) is 73.1 Å². The Hall–Kier alpha value is -4.78. The van der Waals surface area contributed by atoms with Crippen molar-refractivity contribution in [2.45, 2.75) is 52.4 Å². The summed E-state index contributed by atoms with van der Waals surface area (Å²) in [5, 5.41) is 0. The molecule has 0 atom stereocenters. The van der Waals surface area contributed by atoms with Gasteiger partial charge in [-0.05, 0) is 63.4 Å². The van der Waals surface area contributed by atoms with Gasteiger partial charge in [0.2, 0.25) is 17.7 Å². The quantitative estimate of drug-likeness (QED) is 0.236. The van der Waals surface area contributed by atoms with Crippen LogP contribution in [0.15, 0.2) is 72.9 Å². The van der Waals surface area contributed by atoms with Gasteiger partial charge < -0.3 is 4.90 Å². The van der Waals surface area contributed by atoms with E-state index in [9.17, 15) is 14.4 Å². The Balaban J connectivity index is 1.21. The van der Waals surface area contributed by atoms with Crippen molar-refractivity contribution in [1.29, 1.82) is 0 Å². The van der Waals surface area contributed by atoms with Crippen LogP contribution in [-0.2, 0) is 25.2 Å². The van der Waals surface area contributed by atoms with Gasteiger partial charge in [-0.1, -0.05) is 77.9 Å². The molecule has 0 aliphatic carbocycles. The Morgan fingerprint density at radius 2 is 0.977 bits per heavy atom. The highest BCUT2D eigenvalue weighted by atomic mass is 16.2. The molecule has 4 heterocycles. The fourth-order valence-corrected chi connectivity index (χ4v) is 5.63. The number of carbonyl (C=O) groups is 3. The van der Waals surface area contributed by atoms with Crippen LogP contribution in [0, 0.1) is 0 Å². The maximum absolute atomic E-state index is 12.2. The van der Waals surface area contributed by atoms with Gasteiger partial charge in [0.15, 0.2) is 0 Å². The number of nitrogens with zero attached hydrogens (tertiary/aromatic N) is 4. The van der Waals surface area contributed by atoms with Crippen molar-refractivity contribution < 1.29 is 14.4 Å². The average Bonchev–Trinajstić information content (AvgIpc) is 3.93. The van der Waals surface area contributed by atoms with Crippen LogP contribution in [0.3, 0.4) is 0 Å². The van der Waals surface area contributed by atoms with Crippen LogP contribution < -0.4 is 14.7 Å². The van der Waals surface area contributed by atoms with E-state index in [1.165, 1.54) is 11.1 Å². The molecule has 0 radical (unpaired) electrons. The minimum absolute atomic E-state index is 0.0110. The second kappa shape index (κ2) is 9.61. The Kier molecular flexibility index (Phi) is 6.12. The second-order valence-electron chi connectivity index (χ2n) is 14.1.